The number of nitrogens with two attached hydrogens (primary N) is 1. The van der Waals surface area contributed by atoms with Crippen LogP contribution >= 0.6 is 0 Å². The van der Waals surface area contributed by atoms with E-state index in [9.17, 15) is 5.11 Å². The molecule has 5 N–H and O–H groups in total. The molecule has 0 bridgehead atoms. The molecule has 0 saturated heterocycles. The topological polar surface area (TPSA) is 139 Å². The van der Waals surface area contributed by atoms with Crippen LogP contribution in [-0.2, 0) is 6.54 Å². The minimum Gasteiger partial charge on any atom is -0.383 e. The molecule has 0 saturated carbocycles. The highest BCUT2D eigenvalue weighted by molar-refractivity contribution is 6.16. The van der Waals surface area contributed by atoms with E-state index in [0.717, 1.165) is 28.2 Å². The molecule has 1 aromatic carbocycles. The zero-order valence-corrected chi connectivity index (χ0v) is 19.5. The summed E-state index contributed by atoms with van der Waals surface area (Å²) in [6.07, 6.45) is 3.07. The van der Waals surface area contributed by atoms with Gasteiger partial charge in [-0.1, -0.05) is 24.1 Å². The molecule has 0 aliphatic carbocycles. The maximum Gasteiger partial charge on any atom is 0.178 e. The first kappa shape index (κ1) is 22.9. The first-order valence-corrected chi connectivity index (χ1v) is 10.7. The Morgan fingerprint density at radius 1 is 1.15 bits per heavy atom. The fourth-order valence-corrected chi connectivity index (χ4v) is 3.61. The Labute approximate surface area is 197 Å². The molecule has 9 nitrogen and oxygen atoms in total. The van der Waals surface area contributed by atoms with Gasteiger partial charge in [-0.25, -0.2) is 19.9 Å². The van der Waals surface area contributed by atoms with E-state index in [-0.39, 0.29) is 17.1 Å². The first-order chi connectivity index (χ1) is 16.2. The van der Waals surface area contributed by atoms with Crippen molar-refractivity contribution in [3.63, 3.8) is 0 Å². The largest absolute Gasteiger partial charge is 0.383 e. The lowest BCUT2D eigenvalue weighted by molar-refractivity contribution is 0.143. The smallest absolute Gasteiger partial charge is 0.178 e. The summed E-state index contributed by atoms with van der Waals surface area (Å²) in [6.45, 7) is 7.46. The molecule has 4 rings (SSSR count). The van der Waals surface area contributed by atoms with Crippen LogP contribution in [0.5, 0.6) is 0 Å². The number of imidazole rings is 1. The molecule has 0 radical (unpaired) electrons. The summed E-state index contributed by atoms with van der Waals surface area (Å²) in [6, 6.07) is 10.0. The lowest BCUT2D eigenvalue weighted by Gasteiger charge is -2.15. The average Bonchev–Trinajstić information content (AvgIpc) is 3.15. The SMILES string of the molecule is Cc1ccccc1-n1c(CNc2ncnc(N)c2C(=N)C#CC(C)(C)O)nc2nccc(C)c21. The number of pyridine rings is 1. The second-order valence-electron chi connectivity index (χ2n) is 8.47. The number of hydrogen-bond acceptors (Lipinski definition) is 8. The molecule has 0 amide bonds. The van der Waals surface area contributed by atoms with Gasteiger partial charge in [-0.05, 0) is 56.9 Å². The second kappa shape index (κ2) is 8.92. The van der Waals surface area contributed by atoms with E-state index in [4.69, 9.17) is 16.1 Å². The number of rotatable bonds is 5. The monoisotopic (exact) mass is 454 g/mol. The molecule has 34 heavy (non-hydrogen) atoms. The van der Waals surface area contributed by atoms with Crippen molar-refractivity contribution in [3.8, 4) is 17.5 Å². The third kappa shape index (κ3) is 4.58. The Hall–Kier alpha value is -4.29. The summed E-state index contributed by atoms with van der Waals surface area (Å²) in [4.78, 5) is 17.5. The number of aliphatic hydroxyl groups is 1. The Morgan fingerprint density at radius 2 is 1.91 bits per heavy atom. The van der Waals surface area contributed by atoms with Gasteiger partial charge in [0, 0.05) is 6.20 Å². The molecule has 0 atom stereocenters. The van der Waals surface area contributed by atoms with Crippen LogP contribution < -0.4 is 11.1 Å². The van der Waals surface area contributed by atoms with Crippen molar-refractivity contribution in [1.82, 2.24) is 24.5 Å². The Balaban J connectivity index is 1.76. The van der Waals surface area contributed by atoms with E-state index in [1.807, 2.05) is 31.2 Å². The summed E-state index contributed by atoms with van der Waals surface area (Å²) in [7, 11) is 0. The number of nitrogen functional groups attached to an aromatic ring is 1. The van der Waals surface area contributed by atoms with Gasteiger partial charge in [0.05, 0.1) is 23.3 Å². The van der Waals surface area contributed by atoms with E-state index < -0.39 is 5.60 Å². The molecular formula is C25H26N8O. The van der Waals surface area contributed by atoms with E-state index >= 15 is 0 Å². The maximum absolute atomic E-state index is 9.89. The lowest BCUT2D eigenvalue weighted by atomic mass is 10.1. The number of aromatic nitrogens is 5. The number of anilines is 2. The molecule has 4 aromatic rings. The second-order valence-corrected chi connectivity index (χ2v) is 8.47. The highest BCUT2D eigenvalue weighted by Gasteiger charge is 2.19. The van der Waals surface area contributed by atoms with E-state index in [2.05, 4.69) is 49.7 Å². The van der Waals surface area contributed by atoms with Gasteiger partial charge in [0.1, 0.15) is 35.1 Å². The highest BCUT2D eigenvalue weighted by Crippen LogP contribution is 2.26. The van der Waals surface area contributed by atoms with Gasteiger partial charge < -0.3 is 16.2 Å². The predicted molar refractivity (Wildman–Crippen MR) is 133 cm³/mol. The van der Waals surface area contributed by atoms with Crippen molar-refractivity contribution in [2.45, 2.75) is 39.8 Å². The molecule has 0 aliphatic rings. The zero-order chi connectivity index (χ0) is 24.5. The van der Waals surface area contributed by atoms with Crippen LogP contribution in [0, 0.1) is 31.1 Å². The maximum atomic E-state index is 9.89. The van der Waals surface area contributed by atoms with E-state index in [0.29, 0.717) is 18.0 Å². The molecule has 3 aromatic heterocycles. The first-order valence-electron chi connectivity index (χ1n) is 10.7. The Bertz CT molecular complexity index is 1450. The van der Waals surface area contributed by atoms with Crippen LogP contribution in [-0.4, -0.2) is 40.9 Å². The predicted octanol–water partition coefficient (Wildman–Crippen LogP) is 3.16. The summed E-state index contributed by atoms with van der Waals surface area (Å²) in [5.41, 5.74) is 9.73. The lowest BCUT2D eigenvalue weighted by Crippen LogP contribution is -2.17. The van der Waals surface area contributed by atoms with Gasteiger partial charge in [-0.2, -0.15) is 0 Å². The fourth-order valence-electron chi connectivity index (χ4n) is 3.61. The molecule has 172 valence electrons. The normalized spacial score (nSPS) is 11.2. The van der Waals surface area contributed by atoms with Gasteiger partial charge >= 0.3 is 0 Å². The summed E-state index contributed by atoms with van der Waals surface area (Å²) in [5.74, 6) is 6.48. The number of fused-ring (bicyclic) bond motifs is 1. The van der Waals surface area contributed by atoms with E-state index in [1.165, 1.54) is 6.33 Å². The minimum atomic E-state index is -1.24. The number of nitrogens with zero attached hydrogens (tertiary/aromatic N) is 5. The van der Waals surface area contributed by atoms with Crippen LogP contribution in [0.4, 0.5) is 11.6 Å². The van der Waals surface area contributed by atoms with Crippen molar-refractivity contribution >= 4 is 28.5 Å². The molecule has 0 unspecified atom stereocenters. The van der Waals surface area contributed by atoms with Crippen molar-refractivity contribution in [1.29, 1.82) is 5.41 Å². The molecule has 0 spiro atoms. The molecule has 0 aliphatic heterocycles. The number of para-hydroxylation sites is 1. The molecular weight excluding hydrogens is 428 g/mol. The van der Waals surface area contributed by atoms with Crippen molar-refractivity contribution in [3.05, 3.63) is 65.4 Å². The average molecular weight is 455 g/mol. The Morgan fingerprint density at radius 3 is 2.65 bits per heavy atom. The number of hydrogen-bond donors (Lipinski definition) is 4. The zero-order valence-electron chi connectivity index (χ0n) is 19.5. The van der Waals surface area contributed by atoms with Crippen LogP contribution in [0.1, 0.15) is 36.4 Å². The number of aryl methyl sites for hydroxylation is 2. The minimum absolute atomic E-state index is 0.0901. The third-order valence-electron chi connectivity index (χ3n) is 5.21. The standard InChI is InChI=1S/C25H26N8O/c1-15-7-5-6-8-18(15)33-19(32-24-21(33)16(2)10-12-28-24)13-29-23-20(22(27)30-14-31-23)17(26)9-11-25(3,4)34/h5-8,10,12,14,26,34H,13H2,1-4H3,(H3,27,29,30,31). The number of nitrogens with one attached hydrogen (secondary N) is 2. The summed E-state index contributed by atoms with van der Waals surface area (Å²) >= 11 is 0. The van der Waals surface area contributed by atoms with Gasteiger partial charge in [0.15, 0.2) is 5.65 Å². The molecule has 3 heterocycles. The van der Waals surface area contributed by atoms with Crippen LogP contribution in [0.2, 0.25) is 0 Å². The Kier molecular flexibility index (Phi) is 6.01. The van der Waals surface area contributed by atoms with Crippen LogP contribution in [0.25, 0.3) is 16.9 Å². The quantitative estimate of drug-likeness (QED) is 0.268. The molecule has 0 fully saturated rings. The number of benzene rings is 1. The van der Waals surface area contributed by atoms with Crippen molar-refractivity contribution < 1.29 is 5.11 Å². The summed E-state index contributed by atoms with van der Waals surface area (Å²) < 4.78 is 2.09. The van der Waals surface area contributed by atoms with Gasteiger partial charge in [-0.3, -0.25) is 9.98 Å². The van der Waals surface area contributed by atoms with Crippen LogP contribution in [0.3, 0.4) is 0 Å². The van der Waals surface area contributed by atoms with Gasteiger partial charge in [0.2, 0.25) is 0 Å². The molecule has 9 heteroatoms. The fraction of sp³-hybridized carbons (Fsp3) is 0.240. The van der Waals surface area contributed by atoms with Gasteiger partial charge in [-0.15, -0.1) is 0 Å². The van der Waals surface area contributed by atoms with Crippen LogP contribution in [0.15, 0.2) is 42.9 Å². The summed E-state index contributed by atoms with van der Waals surface area (Å²) in [5, 5.41) is 21.5. The van der Waals surface area contributed by atoms with Gasteiger partial charge in [0.25, 0.3) is 0 Å². The van der Waals surface area contributed by atoms with Crippen molar-refractivity contribution in [2.75, 3.05) is 11.1 Å². The van der Waals surface area contributed by atoms with E-state index in [1.54, 1.807) is 20.0 Å². The van der Waals surface area contributed by atoms with Crippen molar-refractivity contribution in [2.24, 2.45) is 0 Å². The third-order valence-corrected chi connectivity index (χ3v) is 5.21. The highest BCUT2D eigenvalue weighted by atomic mass is 16.3.